The summed E-state index contributed by atoms with van der Waals surface area (Å²) in [7, 11) is 1.71. The van der Waals surface area contributed by atoms with Gasteiger partial charge in [-0.15, -0.1) is 0 Å². The van der Waals surface area contributed by atoms with Crippen molar-refractivity contribution in [2.75, 3.05) is 6.54 Å². The first-order valence-electron chi connectivity index (χ1n) is 7.25. The van der Waals surface area contributed by atoms with Gasteiger partial charge >= 0.3 is 0 Å². The molecule has 0 saturated carbocycles. The van der Waals surface area contributed by atoms with Gasteiger partial charge < -0.3 is 14.8 Å². The number of aryl methyl sites for hydroxylation is 3. The summed E-state index contributed by atoms with van der Waals surface area (Å²) < 4.78 is 6.92. The zero-order valence-corrected chi connectivity index (χ0v) is 13.9. The van der Waals surface area contributed by atoms with Crippen molar-refractivity contribution in [3.8, 4) is 0 Å². The molecular formula is C16H21N3O4. The number of carbonyl (C=O) groups is 2. The molecule has 1 amide bonds. The van der Waals surface area contributed by atoms with E-state index in [0.717, 1.165) is 0 Å². The van der Waals surface area contributed by atoms with Crippen LogP contribution in [0.5, 0.6) is 0 Å². The van der Waals surface area contributed by atoms with E-state index in [0.29, 0.717) is 28.5 Å². The van der Waals surface area contributed by atoms with E-state index < -0.39 is 17.3 Å². The Kier molecular flexibility index (Phi) is 4.42. The molecule has 0 aliphatic carbocycles. The lowest BCUT2D eigenvalue weighted by Gasteiger charge is -2.21. The highest BCUT2D eigenvalue weighted by Gasteiger charge is 2.30. The Morgan fingerprint density at radius 3 is 2.48 bits per heavy atom. The van der Waals surface area contributed by atoms with Crippen molar-refractivity contribution in [1.82, 2.24) is 15.1 Å². The fourth-order valence-electron chi connectivity index (χ4n) is 2.36. The molecule has 2 rings (SSSR count). The van der Waals surface area contributed by atoms with Crippen LogP contribution in [0.4, 0.5) is 0 Å². The number of nitrogens with zero attached hydrogens (tertiary/aromatic N) is 2. The Balaban J connectivity index is 2.09. The average Bonchev–Trinajstić information content (AvgIpc) is 3.01. The highest BCUT2D eigenvalue weighted by atomic mass is 16.4. The number of aromatic nitrogens is 2. The van der Waals surface area contributed by atoms with E-state index in [-0.39, 0.29) is 6.54 Å². The van der Waals surface area contributed by atoms with Crippen molar-refractivity contribution >= 4 is 11.7 Å². The second kappa shape index (κ2) is 6.00. The zero-order valence-electron chi connectivity index (χ0n) is 13.9. The van der Waals surface area contributed by atoms with Crippen molar-refractivity contribution in [3.05, 3.63) is 40.6 Å². The minimum Gasteiger partial charge on any atom is -0.463 e. The molecular weight excluding hydrogens is 298 g/mol. The van der Waals surface area contributed by atoms with Gasteiger partial charge in [-0.05, 0) is 39.8 Å². The van der Waals surface area contributed by atoms with E-state index in [1.165, 1.54) is 6.92 Å². The molecule has 2 N–H and O–H groups in total. The number of nitrogens with one attached hydrogen (secondary N) is 1. The highest BCUT2D eigenvalue weighted by molar-refractivity contribution is 6.43. The second-order valence-corrected chi connectivity index (χ2v) is 5.87. The van der Waals surface area contributed by atoms with Crippen molar-refractivity contribution < 1.29 is 19.1 Å². The molecule has 7 heteroatoms. The number of ketones is 1. The van der Waals surface area contributed by atoms with Gasteiger partial charge in [-0.1, -0.05) is 0 Å². The van der Waals surface area contributed by atoms with Gasteiger partial charge in [0.1, 0.15) is 17.1 Å². The lowest BCUT2D eigenvalue weighted by atomic mass is 10.0. The first-order valence-corrected chi connectivity index (χ1v) is 7.25. The van der Waals surface area contributed by atoms with E-state index in [2.05, 4.69) is 10.4 Å². The zero-order chi connectivity index (χ0) is 17.4. The lowest BCUT2D eigenvalue weighted by molar-refractivity contribution is -0.118. The maximum atomic E-state index is 12.3. The van der Waals surface area contributed by atoms with Gasteiger partial charge in [-0.3, -0.25) is 14.3 Å². The fraction of sp³-hybridized carbons (Fsp3) is 0.438. The van der Waals surface area contributed by atoms with Crippen LogP contribution in [0.25, 0.3) is 0 Å². The third-order valence-electron chi connectivity index (χ3n) is 3.81. The second-order valence-electron chi connectivity index (χ2n) is 5.87. The van der Waals surface area contributed by atoms with E-state index >= 15 is 0 Å². The molecule has 0 aliphatic rings. The molecule has 0 saturated heterocycles. The van der Waals surface area contributed by atoms with Gasteiger partial charge in [0.2, 0.25) is 0 Å². The minimum absolute atomic E-state index is 0.136. The number of hydrogen-bond acceptors (Lipinski definition) is 5. The Morgan fingerprint density at radius 1 is 1.35 bits per heavy atom. The van der Waals surface area contributed by atoms with Gasteiger partial charge in [0.15, 0.2) is 0 Å². The molecule has 0 bridgehead atoms. The summed E-state index contributed by atoms with van der Waals surface area (Å²) in [5, 5.41) is 17.0. The SMILES string of the molecule is Cc1ccc(C(C)(O)CNC(=O)C(=O)c2c(C)nn(C)c2C)o1. The molecule has 0 spiro atoms. The summed E-state index contributed by atoms with van der Waals surface area (Å²) in [6.07, 6.45) is 0. The lowest BCUT2D eigenvalue weighted by Crippen LogP contribution is -2.41. The average molecular weight is 319 g/mol. The van der Waals surface area contributed by atoms with Gasteiger partial charge in [0.05, 0.1) is 17.8 Å². The van der Waals surface area contributed by atoms with E-state index in [4.69, 9.17) is 4.42 Å². The molecule has 1 unspecified atom stereocenters. The van der Waals surface area contributed by atoms with Crippen LogP contribution in [0.3, 0.4) is 0 Å². The molecule has 0 fully saturated rings. The number of aliphatic hydroxyl groups is 1. The maximum absolute atomic E-state index is 12.3. The molecule has 2 heterocycles. The fourth-order valence-corrected chi connectivity index (χ4v) is 2.36. The maximum Gasteiger partial charge on any atom is 0.292 e. The number of Topliss-reactive ketones (excluding diaryl/α,β-unsaturated/α-hetero) is 1. The number of rotatable bonds is 5. The smallest absolute Gasteiger partial charge is 0.292 e. The first kappa shape index (κ1) is 17.0. The number of carbonyl (C=O) groups excluding carboxylic acids is 2. The Labute approximate surface area is 134 Å². The summed E-state index contributed by atoms with van der Waals surface area (Å²) in [5.41, 5.74) is 0.0107. The molecule has 0 radical (unpaired) electrons. The van der Waals surface area contributed by atoms with Crippen LogP contribution >= 0.6 is 0 Å². The Bertz CT molecular complexity index is 755. The highest BCUT2D eigenvalue weighted by Crippen LogP contribution is 2.22. The number of furan rings is 1. The third-order valence-corrected chi connectivity index (χ3v) is 3.81. The normalized spacial score (nSPS) is 13.7. The van der Waals surface area contributed by atoms with E-state index in [1.807, 2.05) is 0 Å². The Hall–Kier alpha value is -2.41. The van der Waals surface area contributed by atoms with E-state index in [9.17, 15) is 14.7 Å². The van der Waals surface area contributed by atoms with Gasteiger partial charge in [0, 0.05) is 12.7 Å². The summed E-state index contributed by atoms with van der Waals surface area (Å²) in [5.74, 6) is -0.465. The van der Waals surface area contributed by atoms with Crippen LogP contribution in [0.15, 0.2) is 16.5 Å². The van der Waals surface area contributed by atoms with Gasteiger partial charge in [-0.2, -0.15) is 5.10 Å². The quantitative estimate of drug-likeness (QED) is 0.636. The van der Waals surface area contributed by atoms with Crippen LogP contribution in [0, 0.1) is 20.8 Å². The molecule has 7 nitrogen and oxygen atoms in total. The molecule has 2 aromatic heterocycles. The minimum atomic E-state index is -1.40. The van der Waals surface area contributed by atoms with E-state index in [1.54, 1.807) is 44.6 Å². The predicted octanol–water partition coefficient (Wildman–Crippen LogP) is 1.14. The Morgan fingerprint density at radius 2 is 2.00 bits per heavy atom. The van der Waals surface area contributed by atoms with Crippen molar-refractivity contribution in [1.29, 1.82) is 0 Å². The number of amides is 1. The summed E-state index contributed by atoms with van der Waals surface area (Å²) in [4.78, 5) is 24.4. The molecule has 23 heavy (non-hydrogen) atoms. The van der Waals surface area contributed by atoms with Crippen LogP contribution in [-0.4, -0.2) is 33.1 Å². The topological polar surface area (TPSA) is 97.4 Å². The van der Waals surface area contributed by atoms with Crippen LogP contribution in [-0.2, 0) is 17.4 Å². The predicted molar refractivity (Wildman–Crippen MR) is 83.0 cm³/mol. The standard InChI is InChI=1S/C16H21N3O4/c1-9-6-7-12(23-9)16(4,22)8-17-15(21)14(20)13-10(2)18-19(5)11(13)3/h6-7,22H,8H2,1-5H3,(H,17,21). The molecule has 0 aliphatic heterocycles. The number of hydrogen-bond donors (Lipinski definition) is 2. The van der Waals surface area contributed by atoms with Crippen molar-refractivity contribution in [2.45, 2.75) is 33.3 Å². The molecule has 1 atom stereocenters. The third kappa shape index (κ3) is 3.34. The van der Waals surface area contributed by atoms with Crippen molar-refractivity contribution in [2.24, 2.45) is 7.05 Å². The summed E-state index contributed by atoms with van der Waals surface area (Å²) >= 11 is 0. The van der Waals surface area contributed by atoms with Gasteiger partial charge in [0.25, 0.3) is 11.7 Å². The van der Waals surface area contributed by atoms with Crippen molar-refractivity contribution in [3.63, 3.8) is 0 Å². The first-order chi connectivity index (χ1) is 10.6. The molecule has 124 valence electrons. The monoisotopic (exact) mass is 319 g/mol. The van der Waals surface area contributed by atoms with Crippen LogP contribution in [0.2, 0.25) is 0 Å². The molecule has 2 aromatic rings. The summed E-state index contributed by atoms with van der Waals surface area (Å²) in [6, 6.07) is 3.36. The van der Waals surface area contributed by atoms with Gasteiger partial charge in [-0.25, -0.2) is 0 Å². The largest absolute Gasteiger partial charge is 0.463 e. The van der Waals surface area contributed by atoms with Crippen LogP contribution < -0.4 is 5.32 Å². The molecule has 0 aromatic carbocycles. The van der Waals surface area contributed by atoms with Crippen LogP contribution in [0.1, 0.15) is 40.2 Å². The summed E-state index contributed by atoms with van der Waals surface area (Å²) in [6.45, 7) is 6.53.